The van der Waals surface area contributed by atoms with E-state index in [1.54, 1.807) is 0 Å². The molecule has 1 aromatic rings. The minimum Gasteiger partial charge on any atom is -0.482 e. The predicted octanol–water partition coefficient (Wildman–Crippen LogP) is 0.366. The van der Waals surface area contributed by atoms with Crippen LogP contribution >= 0.6 is 0 Å². The Labute approximate surface area is 104 Å². The third-order valence-electron chi connectivity index (χ3n) is 2.56. The zero-order chi connectivity index (χ0) is 13.0. The van der Waals surface area contributed by atoms with Crippen LogP contribution in [0.25, 0.3) is 0 Å². The lowest BCUT2D eigenvalue weighted by atomic mass is 10.2. The Hall–Kier alpha value is -1.85. The summed E-state index contributed by atoms with van der Waals surface area (Å²) in [5.74, 6) is -0.556. The number of aliphatic hydroxyl groups excluding tert-OH is 2. The highest BCUT2D eigenvalue weighted by atomic mass is 16.6. The maximum atomic E-state index is 11.4. The number of hydrogen-bond acceptors (Lipinski definition) is 5. The van der Waals surface area contributed by atoms with Crippen LogP contribution in [0, 0.1) is 0 Å². The first kappa shape index (κ1) is 12.6. The van der Waals surface area contributed by atoms with E-state index in [4.69, 9.17) is 14.6 Å². The van der Waals surface area contributed by atoms with Gasteiger partial charge in [-0.25, -0.2) is 4.79 Å². The van der Waals surface area contributed by atoms with Crippen molar-refractivity contribution in [2.45, 2.75) is 18.8 Å². The zero-order valence-electron chi connectivity index (χ0n) is 9.65. The standard InChI is InChI=1S/C13H14O5/c14-7-10(15)11-6-12(13(16)18-11)17-8-9-4-2-1-3-5-9/h1-6,10-11,14-15H,7-8H2/t10-,11?/m1/s1. The van der Waals surface area contributed by atoms with Gasteiger partial charge in [-0.3, -0.25) is 0 Å². The van der Waals surface area contributed by atoms with Gasteiger partial charge in [0.2, 0.25) is 5.76 Å². The van der Waals surface area contributed by atoms with Crippen LogP contribution in [-0.4, -0.2) is 35.0 Å². The van der Waals surface area contributed by atoms with Crippen molar-refractivity contribution in [3.8, 4) is 0 Å². The van der Waals surface area contributed by atoms with Crippen molar-refractivity contribution < 1.29 is 24.5 Å². The third kappa shape index (κ3) is 2.88. The van der Waals surface area contributed by atoms with Crippen LogP contribution in [0.3, 0.4) is 0 Å². The van der Waals surface area contributed by atoms with Crippen molar-refractivity contribution in [3.05, 3.63) is 47.7 Å². The predicted molar refractivity (Wildman–Crippen MR) is 62.3 cm³/mol. The fraction of sp³-hybridized carbons (Fsp3) is 0.308. The first-order valence-corrected chi connectivity index (χ1v) is 5.59. The molecule has 0 radical (unpaired) electrons. The lowest BCUT2D eigenvalue weighted by Crippen LogP contribution is -2.28. The first-order valence-electron chi connectivity index (χ1n) is 5.59. The van der Waals surface area contributed by atoms with Gasteiger partial charge in [0.1, 0.15) is 12.7 Å². The number of benzene rings is 1. The fourth-order valence-electron chi connectivity index (χ4n) is 1.57. The lowest BCUT2D eigenvalue weighted by molar-refractivity contribution is -0.147. The van der Waals surface area contributed by atoms with Crippen molar-refractivity contribution in [3.63, 3.8) is 0 Å². The molecule has 1 aliphatic heterocycles. The van der Waals surface area contributed by atoms with Crippen LogP contribution < -0.4 is 0 Å². The Morgan fingerprint density at radius 2 is 2.06 bits per heavy atom. The highest BCUT2D eigenvalue weighted by molar-refractivity contribution is 5.88. The molecule has 0 aliphatic carbocycles. The molecule has 1 heterocycles. The first-order chi connectivity index (χ1) is 8.70. The molecule has 0 amide bonds. The molecule has 96 valence electrons. The number of carbonyl (C=O) groups excluding carboxylic acids is 1. The smallest absolute Gasteiger partial charge is 0.374 e. The molecule has 0 bridgehead atoms. The van der Waals surface area contributed by atoms with Crippen LogP contribution in [-0.2, 0) is 20.9 Å². The molecule has 0 saturated heterocycles. The Balaban J connectivity index is 1.95. The summed E-state index contributed by atoms with van der Waals surface area (Å²) in [6, 6.07) is 9.39. The van der Waals surface area contributed by atoms with Crippen LogP contribution in [0.5, 0.6) is 0 Å². The van der Waals surface area contributed by atoms with E-state index in [9.17, 15) is 9.90 Å². The number of aliphatic hydroxyl groups is 2. The van der Waals surface area contributed by atoms with Gasteiger partial charge in [0, 0.05) is 6.08 Å². The van der Waals surface area contributed by atoms with Gasteiger partial charge < -0.3 is 19.7 Å². The third-order valence-corrected chi connectivity index (χ3v) is 2.56. The number of cyclic esters (lactones) is 1. The Bertz CT molecular complexity index is 440. The van der Waals surface area contributed by atoms with E-state index >= 15 is 0 Å². The van der Waals surface area contributed by atoms with E-state index in [1.165, 1.54) is 6.08 Å². The van der Waals surface area contributed by atoms with Gasteiger partial charge in [-0.15, -0.1) is 0 Å². The summed E-state index contributed by atoms with van der Waals surface area (Å²) >= 11 is 0. The van der Waals surface area contributed by atoms with Gasteiger partial charge in [0.15, 0.2) is 6.10 Å². The fourth-order valence-corrected chi connectivity index (χ4v) is 1.57. The van der Waals surface area contributed by atoms with Gasteiger partial charge in [-0.2, -0.15) is 0 Å². The Morgan fingerprint density at radius 1 is 1.33 bits per heavy atom. The molecule has 1 unspecified atom stereocenters. The Kier molecular flexibility index (Phi) is 3.96. The lowest BCUT2D eigenvalue weighted by Gasteiger charge is -2.11. The molecule has 0 fully saturated rings. The van der Waals surface area contributed by atoms with Crippen molar-refractivity contribution in [2.24, 2.45) is 0 Å². The van der Waals surface area contributed by atoms with Crippen LogP contribution in [0.1, 0.15) is 5.56 Å². The van der Waals surface area contributed by atoms with E-state index in [0.29, 0.717) is 0 Å². The summed E-state index contributed by atoms with van der Waals surface area (Å²) in [5, 5.41) is 18.1. The average molecular weight is 250 g/mol. The largest absolute Gasteiger partial charge is 0.482 e. The maximum absolute atomic E-state index is 11.4. The van der Waals surface area contributed by atoms with Crippen molar-refractivity contribution in [2.75, 3.05) is 6.61 Å². The van der Waals surface area contributed by atoms with Gasteiger partial charge >= 0.3 is 5.97 Å². The summed E-state index contributed by atoms with van der Waals surface area (Å²) < 4.78 is 10.2. The van der Waals surface area contributed by atoms with Crippen LogP contribution in [0.15, 0.2) is 42.2 Å². The summed E-state index contributed by atoms with van der Waals surface area (Å²) in [6.07, 6.45) is -0.577. The van der Waals surface area contributed by atoms with E-state index in [2.05, 4.69) is 0 Å². The molecule has 5 heteroatoms. The monoisotopic (exact) mass is 250 g/mol. The second-order valence-corrected chi connectivity index (χ2v) is 3.93. The number of rotatable bonds is 5. The van der Waals surface area contributed by atoms with Gasteiger partial charge in [0.25, 0.3) is 0 Å². The summed E-state index contributed by atoms with van der Waals surface area (Å²) in [6.45, 7) is -0.218. The zero-order valence-corrected chi connectivity index (χ0v) is 9.65. The van der Waals surface area contributed by atoms with Gasteiger partial charge in [-0.05, 0) is 5.56 Å². The topological polar surface area (TPSA) is 76.0 Å². The second-order valence-electron chi connectivity index (χ2n) is 3.93. The quantitative estimate of drug-likeness (QED) is 0.738. The molecule has 2 atom stereocenters. The van der Waals surface area contributed by atoms with E-state index in [-0.39, 0.29) is 12.4 Å². The highest BCUT2D eigenvalue weighted by Gasteiger charge is 2.31. The Morgan fingerprint density at radius 3 is 2.72 bits per heavy atom. The van der Waals surface area contributed by atoms with Crippen molar-refractivity contribution in [1.29, 1.82) is 0 Å². The highest BCUT2D eigenvalue weighted by Crippen LogP contribution is 2.18. The maximum Gasteiger partial charge on any atom is 0.374 e. The SMILES string of the molecule is O=C1OC([C@H](O)CO)C=C1OCc1ccccc1. The molecule has 2 N–H and O–H groups in total. The van der Waals surface area contributed by atoms with Crippen molar-refractivity contribution >= 4 is 5.97 Å². The molecule has 2 rings (SSSR count). The molecule has 0 saturated carbocycles. The average Bonchev–Trinajstić information content (AvgIpc) is 2.78. The molecule has 5 nitrogen and oxygen atoms in total. The van der Waals surface area contributed by atoms with Crippen LogP contribution in [0.2, 0.25) is 0 Å². The number of ether oxygens (including phenoxy) is 2. The van der Waals surface area contributed by atoms with Crippen LogP contribution in [0.4, 0.5) is 0 Å². The number of carbonyl (C=O) groups is 1. The second kappa shape index (κ2) is 5.66. The molecule has 1 aromatic carbocycles. The van der Waals surface area contributed by atoms with E-state index in [1.807, 2.05) is 30.3 Å². The molecule has 1 aliphatic rings. The minimum atomic E-state index is -1.12. The summed E-state index contributed by atoms with van der Waals surface area (Å²) in [4.78, 5) is 11.4. The summed E-state index contributed by atoms with van der Waals surface area (Å²) in [7, 11) is 0. The normalized spacial score (nSPS) is 20.2. The number of esters is 1. The van der Waals surface area contributed by atoms with Gasteiger partial charge in [0.05, 0.1) is 6.61 Å². The number of hydrogen-bond donors (Lipinski definition) is 2. The van der Waals surface area contributed by atoms with Crippen molar-refractivity contribution in [1.82, 2.24) is 0 Å². The van der Waals surface area contributed by atoms with E-state index < -0.39 is 24.8 Å². The molecular weight excluding hydrogens is 236 g/mol. The molecular formula is C13H14O5. The van der Waals surface area contributed by atoms with Gasteiger partial charge in [-0.1, -0.05) is 30.3 Å². The summed E-state index contributed by atoms with van der Waals surface area (Å²) in [5.41, 5.74) is 0.928. The van der Waals surface area contributed by atoms with E-state index in [0.717, 1.165) is 5.56 Å². The molecule has 18 heavy (non-hydrogen) atoms. The molecule has 0 spiro atoms. The minimum absolute atomic E-state index is 0.0661. The molecule has 0 aromatic heterocycles.